The van der Waals surface area contributed by atoms with Crippen molar-refractivity contribution >= 4 is 6.09 Å². The second-order valence-corrected chi connectivity index (χ2v) is 8.80. The van der Waals surface area contributed by atoms with Crippen LogP contribution in [0.3, 0.4) is 0 Å². The molecule has 2 aliphatic heterocycles. The van der Waals surface area contributed by atoms with Crippen LogP contribution in [0.5, 0.6) is 5.75 Å². The summed E-state index contributed by atoms with van der Waals surface area (Å²) in [7, 11) is 0. The summed E-state index contributed by atoms with van der Waals surface area (Å²) in [5.74, 6) is 1.01. The van der Waals surface area contributed by atoms with E-state index in [9.17, 15) is 4.79 Å². The third-order valence-electron chi connectivity index (χ3n) is 5.49. The van der Waals surface area contributed by atoms with Gasteiger partial charge in [0.2, 0.25) is 0 Å². The SMILES string of the molecule is CC(C)(C)OC(=O)N1CCc2c(cccc2OC2CC3(CNC3)C2)C1. The van der Waals surface area contributed by atoms with E-state index in [1.807, 2.05) is 26.8 Å². The van der Waals surface area contributed by atoms with E-state index < -0.39 is 5.60 Å². The minimum Gasteiger partial charge on any atom is -0.490 e. The molecule has 0 aromatic heterocycles. The average molecular weight is 344 g/mol. The van der Waals surface area contributed by atoms with Crippen LogP contribution in [0.1, 0.15) is 44.7 Å². The molecule has 1 amide bonds. The Labute approximate surface area is 149 Å². The number of hydrogen-bond donors (Lipinski definition) is 1. The predicted octanol–water partition coefficient (Wildman–Crippen LogP) is 3.11. The van der Waals surface area contributed by atoms with Crippen molar-refractivity contribution in [3.05, 3.63) is 29.3 Å². The largest absolute Gasteiger partial charge is 0.490 e. The Kier molecular flexibility index (Phi) is 3.95. The number of ether oxygens (including phenoxy) is 2. The lowest BCUT2D eigenvalue weighted by Crippen LogP contribution is -2.62. The van der Waals surface area contributed by atoms with Gasteiger partial charge in [0, 0.05) is 37.2 Å². The molecule has 3 aliphatic rings. The van der Waals surface area contributed by atoms with Crippen LogP contribution in [0.15, 0.2) is 18.2 Å². The Bertz CT molecular complexity index is 668. The van der Waals surface area contributed by atoms with Crippen molar-refractivity contribution in [1.82, 2.24) is 10.2 Å². The highest BCUT2D eigenvalue weighted by molar-refractivity contribution is 5.69. The van der Waals surface area contributed by atoms with Crippen molar-refractivity contribution in [3.63, 3.8) is 0 Å². The van der Waals surface area contributed by atoms with Crippen LogP contribution in [0, 0.1) is 5.41 Å². The highest BCUT2D eigenvalue weighted by Crippen LogP contribution is 2.46. The van der Waals surface area contributed by atoms with Gasteiger partial charge in [-0.1, -0.05) is 12.1 Å². The van der Waals surface area contributed by atoms with Crippen molar-refractivity contribution in [2.45, 2.75) is 58.3 Å². The number of carbonyl (C=O) groups excluding carboxylic acids is 1. The standard InChI is InChI=1S/C20H28N2O3/c1-19(2,3)25-18(23)22-8-7-16-14(11-22)5-4-6-17(16)24-15-9-20(10-15)12-21-13-20/h4-6,15,21H,7-13H2,1-3H3. The van der Waals surface area contributed by atoms with Crippen LogP contribution in [0.2, 0.25) is 0 Å². The molecule has 136 valence electrons. The lowest BCUT2D eigenvalue weighted by atomic mass is 9.63. The molecule has 1 spiro atoms. The highest BCUT2D eigenvalue weighted by atomic mass is 16.6. The fourth-order valence-electron chi connectivity index (χ4n) is 4.10. The number of fused-ring (bicyclic) bond motifs is 1. The van der Waals surface area contributed by atoms with Gasteiger partial charge in [0.05, 0.1) is 6.10 Å². The molecule has 1 aromatic rings. The van der Waals surface area contributed by atoms with E-state index in [2.05, 4.69) is 17.4 Å². The Hall–Kier alpha value is -1.75. The van der Waals surface area contributed by atoms with Crippen LogP contribution in [0.4, 0.5) is 4.79 Å². The van der Waals surface area contributed by atoms with Crippen molar-refractivity contribution < 1.29 is 14.3 Å². The van der Waals surface area contributed by atoms with Crippen LogP contribution < -0.4 is 10.1 Å². The van der Waals surface area contributed by atoms with Crippen molar-refractivity contribution in [2.24, 2.45) is 5.41 Å². The number of nitrogens with zero attached hydrogens (tertiary/aromatic N) is 1. The van der Waals surface area contributed by atoms with Gasteiger partial charge in [-0.05, 0) is 51.7 Å². The Balaban J connectivity index is 1.41. The van der Waals surface area contributed by atoms with Gasteiger partial charge in [-0.15, -0.1) is 0 Å². The maximum Gasteiger partial charge on any atom is 0.410 e. The molecule has 1 aliphatic carbocycles. The zero-order chi connectivity index (χ0) is 17.7. The number of amides is 1. The topological polar surface area (TPSA) is 50.8 Å². The molecule has 5 heteroatoms. The first-order valence-corrected chi connectivity index (χ1v) is 9.30. The van der Waals surface area contributed by atoms with Gasteiger partial charge in [-0.25, -0.2) is 4.79 Å². The predicted molar refractivity (Wildman–Crippen MR) is 95.7 cm³/mol. The van der Waals surface area contributed by atoms with E-state index in [4.69, 9.17) is 9.47 Å². The Morgan fingerprint density at radius 1 is 1.28 bits per heavy atom. The maximum absolute atomic E-state index is 12.3. The van der Waals surface area contributed by atoms with Gasteiger partial charge < -0.3 is 19.7 Å². The van der Waals surface area contributed by atoms with Crippen molar-refractivity contribution in [1.29, 1.82) is 0 Å². The maximum atomic E-state index is 12.3. The molecule has 1 saturated heterocycles. The van der Waals surface area contributed by atoms with E-state index in [1.165, 1.54) is 11.1 Å². The molecule has 2 fully saturated rings. The minimum absolute atomic E-state index is 0.233. The van der Waals surface area contributed by atoms with E-state index in [-0.39, 0.29) is 6.09 Å². The quantitative estimate of drug-likeness (QED) is 0.896. The molecule has 0 unspecified atom stereocenters. The second-order valence-electron chi connectivity index (χ2n) is 8.80. The molecule has 1 N–H and O–H groups in total. The lowest BCUT2D eigenvalue weighted by Gasteiger charge is -2.53. The first-order chi connectivity index (χ1) is 11.8. The molecule has 2 heterocycles. The third-order valence-corrected chi connectivity index (χ3v) is 5.49. The average Bonchev–Trinajstić information content (AvgIpc) is 2.46. The van der Waals surface area contributed by atoms with Crippen molar-refractivity contribution in [2.75, 3.05) is 19.6 Å². The summed E-state index contributed by atoms with van der Waals surface area (Å²) in [6.07, 6.45) is 3.26. The summed E-state index contributed by atoms with van der Waals surface area (Å²) in [5, 5.41) is 3.36. The van der Waals surface area contributed by atoms with E-state index in [0.29, 0.717) is 24.6 Å². The molecular weight excluding hydrogens is 316 g/mol. The molecule has 0 atom stereocenters. The molecule has 5 nitrogen and oxygen atoms in total. The number of hydrogen-bond acceptors (Lipinski definition) is 4. The van der Waals surface area contributed by atoms with Crippen LogP contribution in [0.25, 0.3) is 0 Å². The summed E-state index contributed by atoms with van der Waals surface area (Å²) < 4.78 is 11.8. The number of nitrogens with one attached hydrogen (secondary N) is 1. The van der Waals surface area contributed by atoms with E-state index in [0.717, 1.165) is 38.1 Å². The van der Waals surface area contributed by atoms with Gasteiger partial charge >= 0.3 is 6.09 Å². The molecule has 0 bridgehead atoms. The first-order valence-electron chi connectivity index (χ1n) is 9.30. The van der Waals surface area contributed by atoms with Crippen molar-refractivity contribution in [3.8, 4) is 5.75 Å². The third kappa shape index (κ3) is 3.34. The van der Waals surface area contributed by atoms with E-state index >= 15 is 0 Å². The normalized spacial score (nSPS) is 22.0. The summed E-state index contributed by atoms with van der Waals surface area (Å²) in [5.41, 5.74) is 2.50. The number of carbonyl (C=O) groups is 1. The molecular formula is C20H28N2O3. The first kappa shape index (κ1) is 16.7. The zero-order valence-electron chi connectivity index (χ0n) is 15.4. The molecule has 1 saturated carbocycles. The second kappa shape index (κ2) is 5.90. The Morgan fingerprint density at radius 3 is 2.68 bits per heavy atom. The van der Waals surface area contributed by atoms with Crippen LogP contribution in [-0.4, -0.2) is 42.3 Å². The summed E-state index contributed by atoms with van der Waals surface area (Å²) in [6.45, 7) is 9.27. The highest BCUT2D eigenvalue weighted by Gasteiger charge is 2.49. The number of benzene rings is 1. The monoisotopic (exact) mass is 344 g/mol. The molecule has 25 heavy (non-hydrogen) atoms. The fraction of sp³-hybridized carbons (Fsp3) is 0.650. The Morgan fingerprint density at radius 2 is 2.04 bits per heavy atom. The molecule has 4 rings (SSSR count). The van der Waals surface area contributed by atoms with Gasteiger partial charge in [-0.2, -0.15) is 0 Å². The summed E-state index contributed by atoms with van der Waals surface area (Å²) in [4.78, 5) is 14.1. The lowest BCUT2D eigenvalue weighted by molar-refractivity contribution is -0.0500. The van der Waals surface area contributed by atoms with Crippen LogP contribution in [-0.2, 0) is 17.7 Å². The minimum atomic E-state index is -0.459. The van der Waals surface area contributed by atoms with Crippen LogP contribution >= 0.6 is 0 Å². The zero-order valence-corrected chi connectivity index (χ0v) is 15.4. The number of rotatable bonds is 2. The van der Waals surface area contributed by atoms with Gasteiger partial charge in [-0.3, -0.25) is 0 Å². The fourth-order valence-corrected chi connectivity index (χ4v) is 4.10. The smallest absolute Gasteiger partial charge is 0.410 e. The van der Waals surface area contributed by atoms with Gasteiger partial charge in [0.25, 0.3) is 0 Å². The van der Waals surface area contributed by atoms with Gasteiger partial charge in [0.1, 0.15) is 11.4 Å². The summed E-state index contributed by atoms with van der Waals surface area (Å²) >= 11 is 0. The van der Waals surface area contributed by atoms with E-state index in [1.54, 1.807) is 4.90 Å². The molecule has 0 radical (unpaired) electrons. The van der Waals surface area contributed by atoms with Gasteiger partial charge in [0.15, 0.2) is 0 Å². The summed E-state index contributed by atoms with van der Waals surface area (Å²) in [6, 6.07) is 6.20. The molecule has 1 aromatic carbocycles.